The van der Waals surface area contributed by atoms with Crippen LogP contribution in [0.25, 0.3) is 0 Å². The van der Waals surface area contributed by atoms with Gasteiger partial charge < -0.3 is 11.1 Å². The first-order valence-electron chi connectivity index (χ1n) is 5.95. The molecule has 0 fully saturated rings. The summed E-state index contributed by atoms with van der Waals surface area (Å²) in [6.07, 6.45) is 2.61. The Labute approximate surface area is 102 Å². The smallest absolute Gasteiger partial charge is 0.228 e. The number of carbonyl (C=O) groups excluding carboxylic acids is 1. The van der Waals surface area contributed by atoms with Crippen LogP contribution in [-0.4, -0.2) is 22.2 Å². The summed E-state index contributed by atoms with van der Waals surface area (Å²) in [5, 5.41) is 7.07. The van der Waals surface area contributed by atoms with Crippen molar-refractivity contribution in [3.63, 3.8) is 0 Å². The van der Waals surface area contributed by atoms with Gasteiger partial charge in [0.2, 0.25) is 5.91 Å². The molecule has 3 N–H and O–H groups in total. The molecule has 5 heteroatoms. The molecule has 0 spiro atoms. The van der Waals surface area contributed by atoms with Gasteiger partial charge in [-0.2, -0.15) is 5.10 Å². The van der Waals surface area contributed by atoms with Crippen molar-refractivity contribution in [2.24, 2.45) is 24.6 Å². The van der Waals surface area contributed by atoms with Crippen molar-refractivity contribution in [2.75, 3.05) is 11.9 Å². The second-order valence-corrected chi connectivity index (χ2v) is 4.85. The van der Waals surface area contributed by atoms with Crippen LogP contribution in [0.15, 0.2) is 6.20 Å². The van der Waals surface area contributed by atoms with Gasteiger partial charge in [-0.3, -0.25) is 9.48 Å². The third-order valence-corrected chi connectivity index (χ3v) is 2.68. The molecule has 1 heterocycles. The van der Waals surface area contributed by atoms with Crippen LogP contribution in [-0.2, 0) is 11.8 Å². The minimum Gasteiger partial charge on any atom is -0.330 e. The predicted molar refractivity (Wildman–Crippen MR) is 68.6 cm³/mol. The van der Waals surface area contributed by atoms with E-state index in [2.05, 4.69) is 24.3 Å². The fourth-order valence-electron chi connectivity index (χ4n) is 1.84. The largest absolute Gasteiger partial charge is 0.330 e. The number of aryl methyl sites for hydroxylation is 2. The molecule has 1 aromatic rings. The van der Waals surface area contributed by atoms with Crippen molar-refractivity contribution in [1.29, 1.82) is 0 Å². The Balaban J connectivity index is 2.67. The van der Waals surface area contributed by atoms with Crippen molar-refractivity contribution in [3.8, 4) is 0 Å². The average molecular weight is 238 g/mol. The van der Waals surface area contributed by atoms with Crippen molar-refractivity contribution < 1.29 is 4.79 Å². The Bertz CT molecular complexity index is 384. The molecule has 1 rings (SSSR count). The van der Waals surface area contributed by atoms with Crippen molar-refractivity contribution in [3.05, 3.63) is 11.9 Å². The van der Waals surface area contributed by atoms with Crippen LogP contribution in [0.2, 0.25) is 0 Å². The van der Waals surface area contributed by atoms with Gasteiger partial charge in [-0.1, -0.05) is 13.8 Å². The number of nitrogens with one attached hydrogen (secondary N) is 1. The van der Waals surface area contributed by atoms with Gasteiger partial charge in [-0.05, 0) is 19.3 Å². The number of rotatable bonds is 5. The Morgan fingerprint density at radius 3 is 2.65 bits per heavy atom. The van der Waals surface area contributed by atoms with Crippen LogP contribution < -0.4 is 11.1 Å². The van der Waals surface area contributed by atoms with E-state index < -0.39 is 0 Å². The van der Waals surface area contributed by atoms with Gasteiger partial charge in [0.15, 0.2) is 0 Å². The summed E-state index contributed by atoms with van der Waals surface area (Å²) in [7, 11) is 1.83. The predicted octanol–water partition coefficient (Wildman–Crippen LogP) is 1.29. The Morgan fingerprint density at radius 2 is 2.24 bits per heavy atom. The number of nitrogens with two attached hydrogens (primary N) is 1. The second-order valence-electron chi connectivity index (χ2n) is 4.85. The number of nitrogens with zero attached hydrogens (tertiary/aromatic N) is 2. The summed E-state index contributed by atoms with van der Waals surface area (Å²) in [4.78, 5) is 12.0. The molecular formula is C12H22N4O. The summed E-state index contributed by atoms with van der Waals surface area (Å²) in [5.74, 6) is 0.316. The van der Waals surface area contributed by atoms with E-state index in [1.165, 1.54) is 0 Å². The molecule has 0 aliphatic rings. The third-order valence-electron chi connectivity index (χ3n) is 2.68. The van der Waals surface area contributed by atoms with Gasteiger partial charge in [-0.15, -0.1) is 0 Å². The van der Waals surface area contributed by atoms with E-state index >= 15 is 0 Å². The lowest BCUT2D eigenvalue weighted by atomic mass is 9.96. The van der Waals surface area contributed by atoms with Crippen LogP contribution in [0.4, 0.5) is 5.69 Å². The number of carbonyl (C=O) groups is 1. The van der Waals surface area contributed by atoms with Crippen LogP contribution in [0.1, 0.15) is 26.0 Å². The molecule has 96 valence electrons. The fourth-order valence-corrected chi connectivity index (χ4v) is 1.84. The molecule has 1 atom stereocenters. The Kier molecular flexibility index (Phi) is 4.69. The van der Waals surface area contributed by atoms with Crippen LogP contribution >= 0.6 is 0 Å². The molecule has 0 radical (unpaired) electrons. The third kappa shape index (κ3) is 3.85. The van der Waals surface area contributed by atoms with Crippen molar-refractivity contribution >= 4 is 11.6 Å². The highest BCUT2D eigenvalue weighted by Gasteiger charge is 2.19. The van der Waals surface area contributed by atoms with Gasteiger partial charge >= 0.3 is 0 Å². The lowest BCUT2D eigenvalue weighted by Crippen LogP contribution is -2.30. The molecule has 0 aliphatic carbocycles. The number of hydrogen-bond acceptors (Lipinski definition) is 3. The molecule has 1 aromatic heterocycles. The first kappa shape index (κ1) is 13.7. The van der Waals surface area contributed by atoms with Crippen LogP contribution in [0.5, 0.6) is 0 Å². The highest BCUT2D eigenvalue weighted by molar-refractivity contribution is 5.93. The topological polar surface area (TPSA) is 72.9 Å². The molecule has 17 heavy (non-hydrogen) atoms. The summed E-state index contributed by atoms with van der Waals surface area (Å²) < 4.78 is 1.69. The first-order chi connectivity index (χ1) is 7.93. The standard InChI is InChI=1S/C12H22N4O/c1-8(2)5-10(6-13)12(17)14-11-7-16(4)15-9(11)3/h7-8,10H,5-6,13H2,1-4H3,(H,14,17). The lowest BCUT2D eigenvalue weighted by Gasteiger charge is -2.16. The summed E-state index contributed by atoms with van der Waals surface area (Å²) in [6.45, 7) is 6.43. The average Bonchev–Trinajstić information content (AvgIpc) is 2.53. The van der Waals surface area contributed by atoms with E-state index in [9.17, 15) is 4.79 Å². The maximum absolute atomic E-state index is 12.0. The second kappa shape index (κ2) is 5.82. The summed E-state index contributed by atoms with van der Waals surface area (Å²) >= 11 is 0. The van der Waals surface area contributed by atoms with Gasteiger partial charge in [0, 0.05) is 19.8 Å². The molecule has 5 nitrogen and oxygen atoms in total. The molecule has 1 amide bonds. The van der Waals surface area contributed by atoms with E-state index in [0.717, 1.165) is 17.8 Å². The molecule has 0 aromatic carbocycles. The lowest BCUT2D eigenvalue weighted by molar-refractivity contribution is -0.120. The molecule has 0 saturated heterocycles. The zero-order chi connectivity index (χ0) is 13.0. The Morgan fingerprint density at radius 1 is 1.59 bits per heavy atom. The van der Waals surface area contributed by atoms with Crippen molar-refractivity contribution in [2.45, 2.75) is 27.2 Å². The minimum atomic E-state index is -0.130. The highest BCUT2D eigenvalue weighted by Crippen LogP contribution is 2.16. The zero-order valence-electron chi connectivity index (χ0n) is 11.0. The zero-order valence-corrected chi connectivity index (χ0v) is 11.0. The van der Waals surface area contributed by atoms with Gasteiger partial charge in [0.25, 0.3) is 0 Å². The van der Waals surface area contributed by atoms with Gasteiger partial charge in [0.1, 0.15) is 0 Å². The quantitative estimate of drug-likeness (QED) is 0.811. The highest BCUT2D eigenvalue weighted by atomic mass is 16.1. The van der Waals surface area contributed by atoms with Crippen LogP contribution in [0.3, 0.4) is 0 Å². The molecular weight excluding hydrogens is 216 g/mol. The van der Waals surface area contributed by atoms with Crippen molar-refractivity contribution in [1.82, 2.24) is 9.78 Å². The SMILES string of the molecule is Cc1nn(C)cc1NC(=O)C(CN)CC(C)C. The van der Waals surface area contributed by atoms with E-state index in [1.54, 1.807) is 10.9 Å². The normalized spacial score (nSPS) is 12.8. The maximum Gasteiger partial charge on any atom is 0.228 e. The van der Waals surface area contributed by atoms with E-state index in [4.69, 9.17) is 5.73 Å². The van der Waals surface area contributed by atoms with Crippen LogP contribution in [0, 0.1) is 18.8 Å². The molecule has 0 aliphatic heterocycles. The molecule has 1 unspecified atom stereocenters. The van der Waals surface area contributed by atoms with E-state index in [0.29, 0.717) is 12.5 Å². The number of aromatic nitrogens is 2. The number of hydrogen-bond donors (Lipinski definition) is 2. The monoisotopic (exact) mass is 238 g/mol. The van der Waals surface area contributed by atoms with Gasteiger partial charge in [-0.25, -0.2) is 0 Å². The summed E-state index contributed by atoms with van der Waals surface area (Å²) in [6, 6.07) is 0. The Hall–Kier alpha value is -1.36. The first-order valence-corrected chi connectivity index (χ1v) is 5.95. The van der Waals surface area contributed by atoms with E-state index in [1.807, 2.05) is 14.0 Å². The minimum absolute atomic E-state index is 0.0164. The van der Waals surface area contributed by atoms with Gasteiger partial charge in [0.05, 0.1) is 17.3 Å². The number of amides is 1. The molecule has 0 bridgehead atoms. The summed E-state index contributed by atoms with van der Waals surface area (Å²) in [5.41, 5.74) is 7.22. The van der Waals surface area contributed by atoms with E-state index in [-0.39, 0.29) is 11.8 Å². The number of anilines is 1. The molecule has 0 saturated carbocycles. The fraction of sp³-hybridized carbons (Fsp3) is 0.667. The maximum atomic E-state index is 12.0.